The Labute approximate surface area is 112 Å². The third-order valence-corrected chi connectivity index (χ3v) is 4.07. The summed E-state index contributed by atoms with van der Waals surface area (Å²) in [4.78, 5) is 0. The number of hydrogen-bond acceptors (Lipinski definition) is 2. The number of benzene rings is 1. The molecule has 1 N–H and O–H groups in total. The maximum absolute atomic E-state index is 5.50. The number of hydrogen-bond donors (Lipinski definition) is 1. The summed E-state index contributed by atoms with van der Waals surface area (Å²) in [6.07, 6.45) is 3.44. The van der Waals surface area contributed by atoms with Crippen molar-refractivity contribution in [3.63, 3.8) is 0 Å². The lowest BCUT2D eigenvalue weighted by Gasteiger charge is -2.37. The quantitative estimate of drug-likeness (QED) is 0.922. The van der Waals surface area contributed by atoms with Crippen molar-refractivity contribution in [1.82, 2.24) is 5.32 Å². The van der Waals surface area contributed by atoms with E-state index in [4.69, 9.17) is 4.74 Å². The summed E-state index contributed by atoms with van der Waals surface area (Å²) in [5.74, 6) is 0. The maximum Gasteiger partial charge on any atom is 0.0471 e. The van der Waals surface area contributed by atoms with Gasteiger partial charge in [-0.25, -0.2) is 0 Å². The molecule has 2 nitrogen and oxygen atoms in total. The molecular weight excluding hydrogens is 278 g/mol. The summed E-state index contributed by atoms with van der Waals surface area (Å²) < 4.78 is 6.66. The summed E-state index contributed by atoms with van der Waals surface area (Å²) in [6.45, 7) is 2.87. The highest BCUT2D eigenvalue weighted by Gasteiger charge is 2.32. The average molecular weight is 298 g/mol. The van der Waals surface area contributed by atoms with Crippen molar-refractivity contribution in [3.05, 3.63) is 34.3 Å². The molecule has 1 aliphatic rings. The highest BCUT2D eigenvalue weighted by Crippen LogP contribution is 2.34. The van der Waals surface area contributed by atoms with E-state index in [9.17, 15) is 0 Å². The van der Waals surface area contributed by atoms with Gasteiger partial charge in [-0.15, -0.1) is 0 Å². The molecule has 1 aromatic carbocycles. The van der Waals surface area contributed by atoms with Crippen molar-refractivity contribution in [1.29, 1.82) is 0 Å². The van der Waals surface area contributed by atoms with Crippen LogP contribution in [0.5, 0.6) is 0 Å². The van der Waals surface area contributed by atoms with Crippen molar-refractivity contribution >= 4 is 15.9 Å². The molecule has 17 heavy (non-hydrogen) atoms. The molecule has 0 amide bonds. The van der Waals surface area contributed by atoms with Crippen LogP contribution in [0.25, 0.3) is 0 Å². The Morgan fingerprint density at radius 3 is 2.76 bits per heavy atom. The highest BCUT2D eigenvalue weighted by molar-refractivity contribution is 9.10. The van der Waals surface area contributed by atoms with E-state index in [1.54, 1.807) is 0 Å². The molecule has 0 radical (unpaired) electrons. The zero-order valence-corrected chi connectivity index (χ0v) is 11.9. The van der Waals surface area contributed by atoms with Crippen molar-refractivity contribution < 1.29 is 4.74 Å². The Bertz CT molecular complexity index is 355. The van der Waals surface area contributed by atoms with Crippen LogP contribution >= 0.6 is 15.9 Å². The SMILES string of the molecule is CNCC1(Cc2cccc(Br)c2)CCOCC1. The van der Waals surface area contributed by atoms with Gasteiger partial charge in [0.15, 0.2) is 0 Å². The number of halogens is 1. The number of nitrogens with one attached hydrogen (secondary N) is 1. The van der Waals surface area contributed by atoms with Crippen LogP contribution in [0.1, 0.15) is 18.4 Å². The van der Waals surface area contributed by atoms with Gasteiger partial charge in [0.05, 0.1) is 0 Å². The fourth-order valence-corrected chi connectivity index (χ4v) is 3.12. The fourth-order valence-electron chi connectivity index (χ4n) is 2.68. The highest BCUT2D eigenvalue weighted by atomic mass is 79.9. The minimum atomic E-state index is 0.369. The van der Waals surface area contributed by atoms with Crippen LogP contribution in [0, 0.1) is 5.41 Å². The standard InChI is InChI=1S/C14H20BrNO/c1-16-11-14(5-7-17-8-6-14)10-12-3-2-4-13(15)9-12/h2-4,9,16H,5-8,10-11H2,1H3. The molecule has 1 fully saturated rings. The molecule has 0 atom stereocenters. The van der Waals surface area contributed by atoms with Crippen molar-refractivity contribution in [2.24, 2.45) is 5.41 Å². The first-order valence-electron chi connectivity index (χ1n) is 6.21. The summed E-state index contributed by atoms with van der Waals surface area (Å²) in [6, 6.07) is 8.65. The van der Waals surface area contributed by atoms with E-state index in [2.05, 4.69) is 45.5 Å². The second-order valence-electron chi connectivity index (χ2n) is 4.95. The van der Waals surface area contributed by atoms with Gasteiger partial charge in [-0.05, 0) is 49.4 Å². The van der Waals surface area contributed by atoms with Crippen LogP contribution in [-0.2, 0) is 11.2 Å². The largest absolute Gasteiger partial charge is 0.381 e. The maximum atomic E-state index is 5.50. The molecule has 0 saturated carbocycles. The fraction of sp³-hybridized carbons (Fsp3) is 0.571. The summed E-state index contributed by atoms with van der Waals surface area (Å²) in [5, 5.41) is 3.35. The zero-order chi connectivity index (χ0) is 12.1. The second-order valence-corrected chi connectivity index (χ2v) is 5.87. The molecule has 0 bridgehead atoms. The predicted octanol–water partition coefficient (Wildman–Crippen LogP) is 3.01. The van der Waals surface area contributed by atoms with E-state index in [1.807, 2.05) is 7.05 Å². The second kappa shape index (κ2) is 5.98. The van der Waals surface area contributed by atoms with Gasteiger partial charge in [-0.3, -0.25) is 0 Å². The Morgan fingerprint density at radius 1 is 1.35 bits per heavy atom. The van der Waals surface area contributed by atoms with E-state index < -0.39 is 0 Å². The summed E-state index contributed by atoms with van der Waals surface area (Å²) in [5.41, 5.74) is 1.78. The van der Waals surface area contributed by atoms with E-state index in [0.717, 1.165) is 39.0 Å². The minimum absolute atomic E-state index is 0.369. The lowest BCUT2D eigenvalue weighted by molar-refractivity contribution is 0.0158. The van der Waals surface area contributed by atoms with Crippen LogP contribution in [0.4, 0.5) is 0 Å². The molecule has 2 rings (SSSR count). The lowest BCUT2D eigenvalue weighted by atomic mass is 9.75. The van der Waals surface area contributed by atoms with Crippen LogP contribution in [0.3, 0.4) is 0 Å². The van der Waals surface area contributed by atoms with Crippen LogP contribution in [0.2, 0.25) is 0 Å². The van der Waals surface area contributed by atoms with Crippen LogP contribution in [0.15, 0.2) is 28.7 Å². The zero-order valence-electron chi connectivity index (χ0n) is 10.3. The number of rotatable bonds is 4. The van der Waals surface area contributed by atoms with Gasteiger partial charge in [0.1, 0.15) is 0 Å². The Kier molecular flexibility index (Phi) is 4.60. The first kappa shape index (κ1) is 13.1. The van der Waals surface area contributed by atoms with Gasteiger partial charge in [-0.2, -0.15) is 0 Å². The Morgan fingerprint density at radius 2 is 2.12 bits per heavy atom. The van der Waals surface area contributed by atoms with Crippen LogP contribution in [-0.4, -0.2) is 26.8 Å². The summed E-state index contributed by atoms with van der Waals surface area (Å²) in [7, 11) is 2.04. The molecule has 94 valence electrons. The van der Waals surface area contributed by atoms with E-state index in [0.29, 0.717) is 5.41 Å². The first-order chi connectivity index (χ1) is 8.24. The summed E-state index contributed by atoms with van der Waals surface area (Å²) >= 11 is 3.54. The van der Waals surface area contributed by atoms with Crippen molar-refractivity contribution in [3.8, 4) is 0 Å². The Balaban J connectivity index is 2.11. The van der Waals surface area contributed by atoms with Crippen molar-refractivity contribution in [2.75, 3.05) is 26.8 Å². The van der Waals surface area contributed by atoms with Gasteiger partial charge in [0.2, 0.25) is 0 Å². The molecular formula is C14H20BrNO. The topological polar surface area (TPSA) is 21.3 Å². The molecule has 0 spiro atoms. The normalized spacial score (nSPS) is 19.2. The Hall–Kier alpha value is -0.380. The van der Waals surface area contributed by atoms with Gasteiger partial charge < -0.3 is 10.1 Å². The predicted molar refractivity (Wildman–Crippen MR) is 74.3 cm³/mol. The lowest BCUT2D eigenvalue weighted by Crippen LogP contribution is -2.39. The molecule has 1 aliphatic heterocycles. The molecule has 0 aromatic heterocycles. The molecule has 3 heteroatoms. The van der Waals surface area contributed by atoms with Gasteiger partial charge in [0.25, 0.3) is 0 Å². The van der Waals surface area contributed by atoms with Crippen LogP contribution < -0.4 is 5.32 Å². The van der Waals surface area contributed by atoms with Gasteiger partial charge >= 0.3 is 0 Å². The number of ether oxygens (including phenoxy) is 1. The van der Waals surface area contributed by atoms with Gasteiger partial charge in [-0.1, -0.05) is 28.1 Å². The van der Waals surface area contributed by atoms with E-state index in [1.165, 1.54) is 10.0 Å². The minimum Gasteiger partial charge on any atom is -0.381 e. The van der Waals surface area contributed by atoms with E-state index >= 15 is 0 Å². The molecule has 1 heterocycles. The van der Waals surface area contributed by atoms with E-state index in [-0.39, 0.29) is 0 Å². The van der Waals surface area contributed by atoms with Crippen molar-refractivity contribution in [2.45, 2.75) is 19.3 Å². The van der Waals surface area contributed by atoms with Gasteiger partial charge in [0, 0.05) is 24.2 Å². The molecule has 1 saturated heterocycles. The molecule has 0 aliphatic carbocycles. The monoisotopic (exact) mass is 297 g/mol. The third-order valence-electron chi connectivity index (χ3n) is 3.57. The third kappa shape index (κ3) is 3.54. The molecule has 0 unspecified atom stereocenters. The first-order valence-corrected chi connectivity index (χ1v) is 7.00. The molecule has 1 aromatic rings. The average Bonchev–Trinajstić information content (AvgIpc) is 2.30. The smallest absolute Gasteiger partial charge is 0.0471 e.